The molecule has 3 aromatic rings. The van der Waals surface area contributed by atoms with Gasteiger partial charge in [0.1, 0.15) is 11.5 Å². The lowest BCUT2D eigenvalue weighted by Crippen LogP contribution is -2.17. The van der Waals surface area contributed by atoms with E-state index in [0.29, 0.717) is 22.4 Å². The standard InChI is InChI=1S/C22H18N2O4/c1-15-5-9-17(10-6-15)22(27)28-20-11-7-16(8-12-20)14-23-24-21(26)18-3-2-4-19(25)13-18/h2-14,25H,1H3,(H,24,26)/b23-14-. The molecule has 3 rings (SSSR count). The fourth-order valence-corrected chi connectivity index (χ4v) is 2.35. The molecule has 0 unspecified atom stereocenters. The van der Waals surface area contributed by atoms with Gasteiger partial charge in [-0.15, -0.1) is 0 Å². The number of nitrogens with one attached hydrogen (secondary N) is 1. The summed E-state index contributed by atoms with van der Waals surface area (Å²) in [4.78, 5) is 24.0. The van der Waals surface area contributed by atoms with Gasteiger partial charge in [0.25, 0.3) is 5.91 Å². The second kappa shape index (κ2) is 8.64. The summed E-state index contributed by atoms with van der Waals surface area (Å²) in [5.74, 6) is -0.450. The van der Waals surface area contributed by atoms with Crippen LogP contribution in [0.4, 0.5) is 0 Å². The van der Waals surface area contributed by atoms with Gasteiger partial charge >= 0.3 is 5.97 Å². The van der Waals surface area contributed by atoms with E-state index in [1.807, 2.05) is 19.1 Å². The Morgan fingerprint density at radius 1 is 0.964 bits per heavy atom. The molecular weight excluding hydrogens is 356 g/mol. The predicted octanol–water partition coefficient (Wildman–Crippen LogP) is 3.68. The van der Waals surface area contributed by atoms with E-state index < -0.39 is 11.9 Å². The van der Waals surface area contributed by atoms with Gasteiger partial charge in [-0.25, -0.2) is 10.2 Å². The van der Waals surface area contributed by atoms with Crippen LogP contribution < -0.4 is 10.2 Å². The van der Waals surface area contributed by atoms with Crippen molar-refractivity contribution < 1.29 is 19.4 Å². The number of esters is 1. The van der Waals surface area contributed by atoms with Gasteiger partial charge in [-0.3, -0.25) is 4.79 Å². The quantitative estimate of drug-likeness (QED) is 0.309. The number of carbonyl (C=O) groups excluding carboxylic acids is 2. The van der Waals surface area contributed by atoms with Gasteiger partial charge in [0, 0.05) is 5.56 Å². The first kappa shape index (κ1) is 18.8. The molecule has 0 saturated heterocycles. The molecule has 2 N–H and O–H groups in total. The minimum Gasteiger partial charge on any atom is -0.508 e. The molecule has 0 radical (unpaired) electrons. The smallest absolute Gasteiger partial charge is 0.343 e. The van der Waals surface area contributed by atoms with Crippen molar-refractivity contribution in [2.75, 3.05) is 0 Å². The lowest BCUT2D eigenvalue weighted by Gasteiger charge is -2.05. The number of aryl methyl sites for hydroxylation is 1. The molecule has 140 valence electrons. The maximum Gasteiger partial charge on any atom is 0.343 e. The molecule has 0 saturated carbocycles. The van der Waals surface area contributed by atoms with Gasteiger partial charge in [0.2, 0.25) is 0 Å². The first-order valence-corrected chi connectivity index (χ1v) is 8.52. The third kappa shape index (κ3) is 5.04. The van der Waals surface area contributed by atoms with Crippen LogP contribution in [0.15, 0.2) is 77.9 Å². The highest BCUT2D eigenvalue weighted by Gasteiger charge is 2.08. The van der Waals surface area contributed by atoms with E-state index in [1.165, 1.54) is 18.3 Å². The highest BCUT2D eigenvalue weighted by atomic mass is 16.5. The molecule has 0 spiro atoms. The van der Waals surface area contributed by atoms with Crippen LogP contribution in [0.25, 0.3) is 0 Å². The third-order valence-corrected chi connectivity index (χ3v) is 3.87. The molecule has 3 aromatic carbocycles. The molecule has 0 atom stereocenters. The zero-order chi connectivity index (χ0) is 19.9. The Balaban J connectivity index is 1.56. The van der Waals surface area contributed by atoms with Gasteiger partial charge in [-0.2, -0.15) is 5.10 Å². The number of phenols is 1. The van der Waals surface area contributed by atoms with Crippen molar-refractivity contribution in [1.82, 2.24) is 5.43 Å². The summed E-state index contributed by atoms with van der Waals surface area (Å²) >= 11 is 0. The maximum atomic E-state index is 12.1. The Kier molecular flexibility index (Phi) is 5.81. The average Bonchev–Trinajstić information content (AvgIpc) is 2.69. The number of rotatable bonds is 5. The Morgan fingerprint density at radius 3 is 2.36 bits per heavy atom. The Labute approximate surface area is 162 Å². The van der Waals surface area contributed by atoms with E-state index in [9.17, 15) is 14.7 Å². The minimum absolute atomic E-state index is 0.00685. The van der Waals surface area contributed by atoms with E-state index in [4.69, 9.17) is 4.74 Å². The van der Waals surface area contributed by atoms with Crippen LogP contribution >= 0.6 is 0 Å². The number of aromatic hydroxyl groups is 1. The van der Waals surface area contributed by atoms with Crippen molar-refractivity contribution in [2.45, 2.75) is 6.92 Å². The first-order chi connectivity index (χ1) is 13.5. The molecule has 0 bridgehead atoms. The zero-order valence-corrected chi connectivity index (χ0v) is 15.1. The van der Waals surface area contributed by atoms with Gasteiger partial charge in [0.05, 0.1) is 11.8 Å². The molecule has 1 amide bonds. The first-order valence-electron chi connectivity index (χ1n) is 8.52. The van der Waals surface area contributed by atoms with Crippen molar-refractivity contribution >= 4 is 18.1 Å². The van der Waals surface area contributed by atoms with Gasteiger partial charge < -0.3 is 9.84 Å². The number of carbonyl (C=O) groups is 2. The fourth-order valence-electron chi connectivity index (χ4n) is 2.35. The molecule has 0 aliphatic carbocycles. The second-order valence-electron chi connectivity index (χ2n) is 6.07. The van der Waals surface area contributed by atoms with Gasteiger partial charge in [-0.05, 0) is 67.1 Å². The zero-order valence-electron chi connectivity index (χ0n) is 15.1. The molecule has 28 heavy (non-hydrogen) atoms. The van der Waals surface area contributed by atoms with E-state index >= 15 is 0 Å². The summed E-state index contributed by atoms with van der Waals surface area (Å²) in [5.41, 5.74) is 4.94. The highest BCUT2D eigenvalue weighted by molar-refractivity contribution is 5.95. The number of amides is 1. The topological polar surface area (TPSA) is 88.0 Å². The van der Waals surface area contributed by atoms with Crippen molar-refractivity contribution in [3.05, 3.63) is 95.1 Å². The van der Waals surface area contributed by atoms with Crippen molar-refractivity contribution in [3.63, 3.8) is 0 Å². The highest BCUT2D eigenvalue weighted by Crippen LogP contribution is 2.14. The number of ether oxygens (including phenoxy) is 1. The predicted molar refractivity (Wildman–Crippen MR) is 106 cm³/mol. The maximum absolute atomic E-state index is 12.1. The van der Waals surface area contributed by atoms with E-state index in [-0.39, 0.29) is 5.75 Å². The van der Waals surface area contributed by atoms with Crippen molar-refractivity contribution in [2.24, 2.45) is 5.10 Å². The van der Waals surface area contributed by atoms with Gasteiger partial charge in [-0.1, -0.05) is 23.8 Å². The van der Waals surface area contributed by atoms with Crippen LogP contribution in [-0.4, -0.2) is 23.2 Å². The number of benzene rings is 3. The molecular formula is C22H18N2O4. The molecule has 6 nitrogen and oxygen atoms in total. The molecule has 0 aromatic heterocycles. The van der Waals surface area contributed by atoms with E-state index in [1.54, 1.807) is 48.5 Å². The molecule has 0 heterocycles. The molecule has 0 fully saturated rings. The Hall–Kier alpha value is -3.93. The number of hydrogen-bond acceptors (Lipinski definition) is 5. The fraction of sp³-hybridized carbons (Fsp3) is 0.0455. The second-order valence-corrected chi connectivity index (χ2v) is 6.07. The molecule has 6 heteroatoms. The number of nitrogens with zero attached hydrogens (tertiary/aromatic N) is 1. The van der Waals surface area contributed by atoms with Gasteiger partial charge in [0.15, 0.2) is 0 Å². The average molecular weight is 374 g/mol. The number of hydrazone groups is 1. The monoisotopic (exact) mass is 374 g/mol. The normalized spacial score (nSPS) is 10.6. The van der Waals surface area contributed by atoms with Crippen LogP contribution in [0.1, 0.15) is 31.8 Å². The number of hydrogen-bond donors (Lipinski definition) is 2. The van der Waals surface area contributed by atoms with E-state index in [2.05, 4.69) is 10.5 Å². The largest absolute Gasteiger partial charge is 0.508 e. The van der Waals surface area contributed by atoms with Crippen molar-refractivity contribution in [3.8, 4) is 11.5 Å². The van der Waals surface area contributed by atoms with Crippen LogP contribution in [0, 0.1) is 6.92 Å². The molecule has 0 aliphatic heterocycles. The van der Waals surface area contributed by atoms with Crippen LogP contribution in [0.5, 0.6) is 11.5 Å². The summed E-state index contributed by atoms with van der Waals surface area (Å²) in [7, 11) is 0. The van der Waals surface area contributed by atoms with Crippen LogP contribution in [-0.2, 0) is 0 Å². The molecule has 0 aliphatic rings. The summed E-state index contributed by atoms with van der Waals surface area (Å²) in [6.45, 7) is 1.95. The van der Waals surface area contributed by atoms with Crippen molar-refractivity contribution in [1.29, 1.82) is 0 Å². The summed E-state index contributed by atoms with van der Waals surface area (Å²) in [6, 6.07) is 19.8. The van der Waals surface area contributed by atoms with Crippen LogP contribution in [0.3, 0.4) is 0 Å². The lowest BCUT2D eigenvalue weighted by atomic mass is 10.1. The van der Waals surface area contributed by atoms with E-state index in [0.717, 1.165) is 5.56 Å². The summed E-state index contributed by atoms with van der Waals surface area (Å²) < 4.78 is 5.33. The Bertz CT molecular complexity index is 1010. The SMILES string of the molecule is Cc1ccc(C(=O)Oc2ccc(/C=N\NC(=O)c3cccc(O)c3)cc2)cc1. The third-order valence-electron chi connectivity index (χ3n) is 3.87. The van der Waals surface area contributed by atoms with Crippen LogP contribution in [0.2, 0.25) is 0 Å². The summed E-state index contributed by atoms with van der Waals surface area (Å²) in [5, 5.41) is 13.3. The number of phenolic OH excluding ortho intramolecular Hbond substituents is 1. The Morgan fingerprint density at radius 2 is 1.68 bits per heavy atom. The lowest BCUT2D eigenvalue weighted by molar-refractivity contribution is 0.0734. The summed E-state index contributed by atoms with van der Waals surface area (Å²) in [6.07, 6.45) is 1.46. The minimum atomic E-state index is -0.434.